The summed E-state index contributed by atoms with van der Waals surface area (Å²) < 4.78 is 0. The smallest absolute Gasteiger partial charge is 0.321 e. The highest BCUT2D eigenvalue weighted by molar-refractivity contribution is 6.31. The number of benzene rings is 1. The Balaban J connectivity index is 2.36. The number of nitrogens with one attached hydrogen (secondary N) is 3. The van der Waals surface area contributed by atoms with Crippen LogP contribution in [-0.4, -0.2) is 25.0 Å². The summed E-state index contributed by atoms with van der Waals surface area (Å²) in [5, 5.41) is 8.57. The van der Waals surface area contributed by atoms with Crippen LogP contribution >= 0.6 is 11.6 Å². The van der Waals surface area contributed by atoms with Gasteiger partial charge in [0.25, 0.3) is 0 Å². The molecule has 0 unspecified atom stereocenters. The minimum Gasteiger partial charge on any atom is -0.338 e. The molecule has 0 saturated carbocycles. The van der Waals surface area contributed by atoms with E-state index in [9.17, 15) is 9.59 Å². The molecule has 0 fully saturated rings. The van der Waals surface area contributed by atoms with Crippen molar-refractivity contribution in [3.63, 3.8) is 0 Å². The summed E-state index contributed by atoms with van der Waals surface area (Å²) >= 11 is 6.08. The third kappa shape index (κ3) is 6.60. The summed E-state index contributed by atoms with van der Waals surface area (Å²) in [6.07, 6.45) is 0. The van der Waals surface area contributed by atoms with Gasteiger partial charge in [-0.15, -0.1) is 0 Å². The number of hydrogen-bond donors (Lipinski definition) is 3. The molecule has 1 atom stereocenters. The van der Waals surface area contributed by atoms with Crippen molar-refractivity contribution in [1.82, 2.24) is 16.0 Å². The third-order valence-electron chi connectivity index (χ3n) is 2.86. The largest absolute Gasteiger partial charge is 0.338 e. The number of carbonyl (C=O) groups is 2. The minimum absolute atomic E-state index is 0.0431. The maximum Gasteiger partial charge on any atom is 0.321 e. The van der Waals surface area contributed by atoms with Crippen molar-refractivity contribution in [3.05, 3.63) is 34.9 Å². The number of halogens is 1. The lowest BCUT2D eigenvalue weighted by atomic mass is 10.1. The number of hydrogen-bond acceptors (Lipinski definition) is 3. The first-order chi connectivity index (χ1) is 9.90. The van der Waals surface area contributed by atoms with Crippen LogP contribution in [0.5, 0.6) is 0 Å². The van der Waals surface area contributed by atoms with Crippen LogP contribution in [0.25, 0.3) is 0 Å². The number of imide groups is 1. The fraction of sp³-hybridized carbons (Fsp3) is 0.467. The number of rotatable bonds is 6. The lowest BCUT2D eigenvalue weighted by molar-refractivity contribution is -0.119. The highest BCUT2D eigenvalue weighted by Crippen LogP contribution is 2.21. The standard InChI is InChI=1S/C15H22ClN3O2/c1-10(2)8-18-15(21)19-14(20)9-17-11(3)12-6-4-5-7-13(12)16/h4-7,10-11,17H,8-9H2,1-3H3,(H2,18,19,20,21)/t11-/m1/s1. The van der Waals surface area contributed by atoms with Gasteiger partial charge in [0.1, 0.15) is 0 Å². The molecule has 0 aliphatic rings. The predicted octanol–water partition coefficient (Wildman–Crippen LogP) is 2.47. The first-order valence-electron chi connectivity index (χ1n) is 6.95. The summed E-state index contributed by atoms with van der Waals surface area (Å²) in [7, 11) is 0. The summed E-state index contributed by atoms with van der Waals surface area (Å²) in [5.41, 5.74) is 0.913. The van der Waals surface area contributed by atoms with Gasteiger partial charge in [-0.25, -0.2) is 4.79 Å². The van der Waals surface area contributed by atoms with Crippen LogP contribution in [0.1, 0.15) is 32.4 Å². The van der Waals surface area contributed by atoms with Crippen molar-refractivity contribution in [2.45, 2.75) is 26.8 Å². The molecular formula is C15H22ClN3O2. The number of amides is 3. The molecule has 5 nitrogen and oxygen atoms in total. The van der Waals surface area contributed by atoms with Crippen LogP contribution in [0.4, 0.5) is 4.79 Å². The Labute approximate surface area is 130 Å². The molecule has 1 aromatic carbocycles. The molecule has 3 amide bonds. The lowest BCUT2D eigenvalue weighted by Gasteiger charge is -2.15. The van der Waals surface area contributed by atoms with E-state index >= 15 is 0 Å². The zero-order valence-corrected chi connectivity index (χ0v) is 13.3. The van der Waals surface area contributed by atoms with Crippen molar-refractivity contribution in [2.75, 3.05) is 13.1 Å². The maximum atomic E-state index is 11.7. The second-order valence-electron chi connectivity index (χ2n) is 5.28. The normalized spacial score (nSPS) is 12.0. The van der Waals surface area contributed by atoms with Crippen LogP contribution in [0, 0.1) is 5.92 Å². The molecule has 0 heterocycles. The lowest BCUT2D eigenvalue weighted by Crippen LogP contribution is -2.44. The van der Waals surface area contributed by atoms with Gasteiger partial charge in [0, 0.05) is 17.6 Å². The van der Waals surface area contributed by atoms with Gasteiger partial charge < -0.3 is 10.6 Å². The highest BCUT2D eigenvalue weighted by Gasteiger charge is 2.12. The van der Waals surface area contributed by atoms with Crippen molar-refractivity contribution >= 4 is 23.5 Å². The van der Waals surface area contributed by atoms with Crippen LogP contribution in [0.3, 0.4) is 0 Å². The van der Waals surface area contributed by atoms with Gasteiger partial charge in [0.05, 0.1) is 6.54 Å². The quantitative estimate of drug-likeness (QED) is 0.756. The van der Waals surface area contributed by atoms with Gasteiger partial charge in [-0.05, 0) is 24.5 Å². The maximum absolute atomic E-state index is 11.7. The molecule has 1 aromatic rings. The van der Waals surface area contributed by atoms with Gasteiger partial charge in [0.2, 0.25) is 5.91 Å². The topological polar surface area (TPSA) is 70.2 Å². The van der Waals surface area contributed by atoms with E-state index in [-0.39, 0.29) is 18.5 Å². The van der Waals surface area contributed by atoms with Gasteiger partial charge in [-0.1, -0.05) is 43.6 Å². The first-order valence-corrected chi connectivity index (χ1v) is 7.33. The Morgan fingerprint density at radius 2 is 1.86 bits per heavy atom. The SMILES string of the molecule is CC(C)CNC(=O)NC(=O)CN[C@H](C)c1ccccc1Cl. The van der Waals surface area contributed by atoms with Crippen LogP contribution in [0.2, 0.25) is 5.02 Å². The molecule has 3 N–H and O–H groups in total. The predicted molar refractivity (Wildman–Crippen MR) is 84.2 cm³/mol. The van der Waals surface area contributed by atoms with E-state index in [1.165, 1.54) is 0 Å². The summed E-state index contributed by atoms with van der Waals surface area (Å²) in [4.78, 5) is 23.1. The molecular weight excluding hydrogens is 290 g/mol. The summed E-state index contributed by atoms with van der Waals surface area (Å²) in [6.45, 7) is 6.45. The van der Waals surface area contributed by atoms with E-state index in [0.717, 1.165) is 5.56 Å². The van der Waals surface area contributed by atoms with Crippen LogP contribution < -0.4 is 16.0 Å². The first kappa shape index (κ1) is 17.5. The number of carbonyl (C=O) groups excluding carboxylic acids is 2. The summed E-state index contributed by atoms with van der Waals surface area (Å²) in [6, 6.07) is 6.88. The molecule has 0 aromatic heterocycles. The monoisotopic (exact) mass is 311 g/mol. The Morgan fingerprint density at radius 3 is 2.48 bits per heavy atom. The second-order valence-corrected chi connectivity index (χ2v) is 5.68. The van der Waals surface area contributed by atoms with Crippen LogP contribution in [-0.2, 0) is 4.79 Å². The fourth-order valence-corrected chi connectivity index (χ4v) is 1.99. The zero-order valence-electron chi connectivity index (χ0n) is 12.6. The molecule has 0 bridgehead atoms. The summed E-state index contributed by atoms with van der Waals surface area (Å²) in [5.74, 6) is -0.0422. The number of urea groups is 1. The molecule has 0 aliphatic carbocycles. The molecule has 0 spiro atoms. The average molecular weight is 312 g/mol. The average Bonchev–Trinajstić information content (AvgIpc) is 2.43. The third-order valence-corrected chi connectivity index (χ3v) is 3.21. The Morgan fingerprint density at radius 1 is 1.19 bits per heavy atom. The van der Waals surface area contributed by atoms with E-state index < -0.39 is 6.03 Å². The second kappa shape index (κ2) is 8.64. The van der Waals surface area contributed by atoms with Crippen molar-refractivity contribution in [2.24, 2.45) is 5.92 Å². The van der Waals surface area contributed by atoms with Crippen LogP contribution in [0.15, 0.2) is 24.3 Å². The molecule has 6 heteroatoms. The van der Waals surface area contributed by atoms with Gasteiger partial charge in [-0.2, -0.15) is 0 Å². The van der Waals surface area contributed by atoms with E-state index in [0.29, 0.717) is 17.5 Å². The Bertz CT molecular complexity index is 492. The highest BCUT2D eigenvalue weighted by atomic mass is 35.5. The van der Waals surface area contributed by atoms with E-state index in [4.69, 9.17) is 11.6 Å². The van der Waals surface area contributed by atoms with E-state index in [1.54, 1.807) is 6.07 Å². The van der Waals surface area contributed by atoms with Crippen molar-refractivity contribution in [1.29, 1.82) is 0 Å². The van der Waals surface area contributed by atoms with Crippen molar-refractivity contribution < 1.29 is 9.59 Å². The molecule has 0 radical (unpaired) electrons. The van der Waals surface area contributed by atoms with E-state index in [1.807, 2.05) is 39.0 Å². The molecule has 1 rings (SSSR count). The van der Waals surface area contributed by atoms with Crippen molar-refractivity contribution in [3.8, 4) is 0 Å². The minimum atomic E-state index is -0.471. The molecule has 116 valence electrons. The Kier molecular flexibility index (Phi) is 7.19. The fourth-order valence-electron chi connectivity index (χ4n) is 1.69. The van der Waals surface area contributed by atoms with Gasteiger partial charge >= 0.3 is 6.03 Å². The molecule has 0 aliphatic heterocycles. The Hall–Kier alpha value is -1.59. The van der Waals surface area contributed by atoms with Gasteiger partial charge in [0.15, 0.2) is 0 Å². The van der Waals surface area contributed by atoms with Gasteiger partial charge in [-0.3, -0.25) is 10.1 Å². The van der Waals surface area contributed by atoms with E-state index in [2.05, 4.69) is 16.0 Å². The zero-order chi connectivity index (χ0) is 15.8. The molecule has 21 heavy (non-hydrogen) atoms. The molecule has 0 saturated heterocycles.